The van der Waals surface area contributed by atoms with Gasteiger partial charge in [0.15, 0.2) is 5.76 Å². The zero-order valence-electron chi connectivity index (χ0n) is 12.1. The molecule has 1 aliphatic carbocycles. The fourth-order valence-electron chi connectivity index (χ4n) is 2.11. The van der Waals surface area contributed by atoms with Crippen LogP contribution in [0, 0.1) is 5.41 Å². The van der Waals surface area contributed by atoms with Crippen LogP contribution >= 0.6 is 0 Å². The Kier molecular flexibility index (Phi) is 4.76. The summed E-state index contributed by atoms with van der Waals surface area (Å²) in [5.74, 6) is 0.238. The van der Waals surface area contributed by atoms with Gasteiger partial charge in [0.1, 0.15) is 0 Å². The fraction of sp³-hybridized carbons (Fsp3) is 0.643. The van der Waals surface area contributed by atoms with Crippen molar-refractivity contribution in [1.82, 2.24) is 0 Å². The molecule has 0 aliphatic heterocycles. The van der Waals surface area contributed by atoms with Crippen LogP contribution < -0.4 is 0 Å². The maximum Gasteiger partial charge on any atom is 0.302 e. The summed E-state index contributed by atoms with van der Waals surface area (Å²) in [6.45, 7) is 7.24. The number of rotatable bonds is 5. The normalized spacial score (nSPS) is 25.4. The van der Waals surface area contributed by atoms with E-state index in [0.717, 1.165) is 5.57 Å². The summed E-state index contributed by atoms with van der Waals surface area (Å²) in [6.07, 6.45) is 3.67. The highest BCUT2D eigenvalue weighted by molar-refractivity contribution is 5.65. The standard InChI is InChI=1S/C14H22O5/c1-10-12(19-17-5)6-7-14(16,13(10,3)4)8-9-18-11(2)15/h6-7,16H,8-9H2,1-5H3. The summed E-state index contributed by atoms with van der Waals surface area (Å²) in [7, 11) is 1.43. The summed E-state index contributed by atoms with van der Waals surface area (Å²) >= 11 is 0. The third-order valence-electron chi connectivity index (χ3n) is 3.86. The maximum atomic E-state index is 10.8. The first kappa shape index (κ1) is 15.7. The van der Waals surface area contributed by atoms with Crippen LogP contribution in [0.4, 0.5) is 0 Å². The highest BCUT2D eigenvalue weighted by Gasteiger charge is 2.46. The molecule has 1 rings (SSSR count). The molecule has 1 unspecified atom stereocenters. The van der Waals surface area contributed by atoms with Gasteiger partial charge in [-0.05, 0) is 24.6 Å². The molecule has 0 radical (unpaired) electrons. The van der Waals surface area contributed by atoms with E-state index in [1.807, 2.05) is 20.8 Å². The van der Waals surface area contributed by atoms with E-state index in [4.69, 9.17) is 9.62 Å². The van der Waals surface area contributed by atoms with Gasteiger partial charge in [0.25, 0.3) is 0 Å². The van der Waals surface area contributed by atoms with Gasteiger partial charge >= 0.3 is 5.97 Å². The quantitative estimate of drug-likeness (QED) is 0.471. The van der Waals surface area contributed by atoms with Crippen molar-refractivity contribution < 1.29 is 24.4 Å². The second-order valence-corrected chi connectivity index (χ2v) is 5.21. The number of carbonyl (C=O) groups excluding carboxylic acids is 1. The predicted molar refractivity (Wildman–Crippen MR) is 69.9 cm³/mol. The molecule has 0 amide bonds. The Labute approximate surface area is 113 Å². The molecule has 19 heavy (non-hydrogen) atoms. The van der Waals surface area contributed by atoms with Crippen LogP contribution in [0.1, 0.15) is 34.1 Å². The average molecular weight is 270 g/mol. The molecule has 0 heterocycles. The number of esters is 1. The molecule has 0 saturated heterocycles. The molecular weight excluding hydrogens is 248 g/mol. The van der Waals surface area contributed by atoms with E-state index < -0.39 is 11.0 Å². The van der Waals surface area contributed by atoms with Gasteiger partial charge in [0.05, 0.1) is 19.3 Å². The molecule has 0 bridgehead atoms. The van der Waals surface area contributed by atoms with Crippen molar-refractivity contribution in [2.45, 2.75) is 39.7 Å². The van der Waals surface area contributed by atoms with Gasteiger partial charge in [0.2, 0.25) is 0 Å². The SMILES string of the molecule is COOC1=C(C)C(C)(C)C(O)(CCOC(C)=O)C=C1. The van der Waals surface area contributed by atoms with Crippen molar-refractivity contribution in [3.63, 3.8) is 0 Å². The molecule has 0 aromatic heterocycles. The Morgan fingerprint density at radius 3 is 2.58 bits per heavy atom. The highest BCUT2D eigenvalue weighted by Crippen LogP contribution is 2.45. The lowest BCUT2D eigenvalue weighted by atomic mass is 9.66. The van der Waals surface area contributed by atoms with Gasteiger partial charge in [-0.1, -0.05) is 13.8 Å². The summed E-state index contributed by atoms with van der Waals surface area (Å²) in [4.78, 5) is 20.5. The molecular formula is C14H22O5. The van der Waals surface area contributed by atoms with Crippen molar-refractivity contribution in [1.29, 1.82) is 0 Å². The van der Waals surface area contributed by atoms with E-state index in [-0.39, 0.29) is 12.6 Å². The second-order valence-electron chi connectivity index (χ2n) is 5.21. The second kappa shape index (κ2) is 5.75. The number of carbonyl (C=O) groups is 1. The molecule has 5 heteroatoms. The van der Waals surface area contributed by atoms with Crippen molar-refractivity contribution in [3.8, 4) is 0 Å². The Balaban J connectivity index is 2.88. The van der Waals surface area contributed by atoms with Gasteiger partial charge in [-0.3, -0.25) is 4.79 Å². The summed E-state index contributed by atoms with van der Waals surface area (Å²) < 4.78 is 4.91. The largest absolute Gasteiger partial charge is 0.466 e. The molecule has 0 spiro atoms. The molecule has 0 fully saturated rings. The molecule has 0 aromatic carbocycles. The monoisotopic (exact) mass is 270 g/mol. The van der Waals surface area contributed by atoms with Gasteiger partial charge in [-0.15, -0.1) is 0 Å². The lowest BCUT2D eigenvalue weighted by molar-refractivity contribution is -0.236. The van der Waals surface area contributed by atoms with E-state index in [2.05, 4.69) is 4.89 Å². The predicted octanol–water partition coefficient (Wildman–Crippen LogP) is 2.12. The number of hydrogen-bond acceptors (Lipinski definition) is 5. The fourth-order valence-corrected chi connectivity index (χ4v) is 2.11. The minimum atomic E-state index is -1.09. The van der Waals surface area contributed by atoms with E-state index in [1.165, 1.54) is 14.0 Å². The molecule has 5 nitrogen and oxygen atoms in total. The Morgan fingerprint density at radius 2 is 2.05 bits per heavy atom. The molecule has 1 aliphatic rings. The highest BCUT2D eigenvalue weighted by atomic mass is 17.2. The first-order valence-corrected chi connectivity index (χ1v) is 6.21. The van der Waals surface area contributed by atoms with Crippen LogP contribution in [0.5, 0.6) is 0 Å². The summed E-state index contributed by atoms with van der Waals surface area (Å²) in [6, 6.07) is 0. The molecule has 0 saturated carbocycles. The van der Waals surface area contributed by atoms with E-state index in [1.54, 1.807) is 12.2 Å². The Bertz CT molecular complexity index is 408. The smallest absolute Gasteiger partial charge is 0.302 e. The van der Waals surface area contributed by atoms with Gasteiger partial charge in [0, 0.05) is 18.8 Å². The van der Waals surface area contributed by atoms with Crippen LogP contribution in [-0.2, 0) is 19.3 Å². The molecule has 1 atom stereocenters. The van der Waals surface area contributed by atoms with Crippen molar-refractivity contribution in [2.75, 3.05) is 13.7 Å². The van der Waals surface area contributed by atoms with Crippen LogP contribution in [0.2, 0.25) is 0 Å². The lowest BCUT2D eigenvalue weighted by Crippen LogP contribution is -2.46. The minimum Gasteiger partial charge on any atom is -0.466 e. The topological polar surface area (TPSA) is 65.0 Å². The molecule has 108 valence electrons. The van der Waals surface area contributed by atoms with Gasteiger partial charge in [-0.2, -0.15) is 4.89 Å². The molecule has 1 N–H and O–H groups in total. The van der Waals surface area contributed by atoms with Crippen LogP contribution in [-0.4, -0.2) is 30.4 Å². The van der Waals surface area contributed by atoms with Crippen LogP contribution in [0.25, 0.3) is 0 Å². The first-order chi connectivity index (χ1) is 8.74. The third kappa shape index (κ3) is 3.16. The third-order valence-corrected chi connectivity index (χ3v) is 3.86. The summed E-state index contributed by atoms with van der Waals surface area (Å²) in [5, 5.41) is 10.8. The van der Waals surface area contributed by atoms with Gasteiger partial charge in [-0.25, -0.2) is 0 Å². The first-order valence-electron chi connectivity index (χ1n) is 6.21. The van der Waals surface area contributed by atoms with E-state index >= 15 is 0 Å². The minimum absolute atomic E-state index is 0.174. The van der Waals surface area contributed by atoms with Crippen molar-refractivity contribution >= 4 is 5.97 Å². The van der Waals surface area contributed by atoms with Crippen LogP contribution in [0.3, 0.4) is 0 Å². The maximum absolute atomic E-state index is 10.8. The number of allylic oxidation sites excluding steroid dienone is 1. The average Bonchev–Trinajstić information content (AvgIpc) is 2.31. The zero-order chi connectivity index (χ0) is 14.7. The number of aliphatic hydroxyl groups is 1. The van der Waals surface area contributed by atoms with Crippen molar-refractivity contribution in [3.05, 3.63) is 23.5 Å². The molecule has 0 aromatic rings. The van der Waals surface area contributed by atoms with E-state index in [9.17, 15) is 9.90 Å². The van der Waals surface area contributed by atoms with E-state index in [0.29, 0.717) is 12.2 Å². The number of ether oxygens (including phenoxy) is 1. The van der Waals surface area contributed by atoms with Crippen molar-refractivity contribution in [2.24, 2.45) is 5.41 Å². The summed E-state index contributed by atoms with van der Waals surface area (Å²) in [5.41, 5.74) is -0.759. The number of hydrogen-bond donors (Lipinski definition) is 1. The van der Waals surface area contributed by atoms with Crippen LogP contribution in [0.15, 0.2) is 23.5 Å². The lowest BCUT2D eigenvalue weighted by Gasteiger charge is -2.44. The zero-order valence-corrected chi connectivity index (χ0v) is 12.1. The van der Waals surface area contributed by atoms with Gasteiger partial charge < -0.3 is 14.7 Å². The Morgan fingerprint density at radius 1 is 1.42 bits per heavy atom. The Hall–Kier alpha value is -1.33.